The molecule has 0 unspecified atom stereocenters. The van der Waals surface area contributed by atoms with E-state index < -0.39 is 5.60 Å². The highest BCUT2D eigenvalue weighted by molar-refractivity contribution is 5.86. The molecule has 1 aliphatic rings. The Morgan fingerprint density at radius 2 is 2.27 bits per heavy atom. The molecular weight excluding hydrogens is 332 g/mol. The van der Waals surface area contributed by atoms with Crippen molar-refractivity contribution < 1.29 is 14.6 Å². The van der Waals surface area contributed by atoms with Gasteiger partial charge < -0.3 is 20.1 Å². The fourth-order valence-electron chi connectivity index (χ4n) is 3.29. The number of benzene rings is 1. The first-order valence-corrected chi connectivity index (χ1v) is 8.93. The van der Waals surface area contributed by atoms with Gasteiger partial charge in [0.15, 0.2) is 5.60 Å². The second-order valence-electron chi connectivity index (χ2n) is 6.66. The summed E-state index contributed by atoms with van der Waals surface area (Å²) in [5.74, 6) is 0.556. The number of carbonyl (C=O) groups excluding carboxylic acids is 1. The molecule has 1 atom stereocenters. The van der Waals surface area contributed by atoms with Crippen LogP contribution in [0, 0.1) is 0 Å². The van der Waals surface area contributed by atoms with E-state index in [0.29, 0.717) is 32.6 Å². The SMILES string of the molecule is COc1cccc(CN2CCC[C@](O)(CNCCn3cccn3)C2=O)c1. The topological polar surface area (TPSA) is 79.6 Å². The molecule has 26 heavy (non-hydrogen) atoms. The van der Waals surface area contributed by atoms with Gasteiger partial charge in [0.05, 0.1) is 13.7 Å². The van der Waals surface area contributed by atoms with Crippen LogP contribution in [0.3, 0.4) is 0 Å². The number of methoxy groups -OCH3 is 1. The van der Waals surface area contributed by atoms with Crippen molar-refractivity contribution in [3.8, 4) is 5.75 Å². The molecule has 2 heterocycles. The number of hydrogen-bond donors (Lipinski definition) is 2. The molecule has 1 aromatic carbocycles. The van der Waals surface area contributed by atoms with Crippen LogP contribution >= 0.6 is 0 Å². The highest BCUT2D eigenvalue weighted by Gasteiger charge is 2.41. The van der Waals surface area contributed by atoms with Gasteiger partial charge in [-0.25, -0.2) is 0 Å². The second kappa shape index (κ2) is 8.33. The summed E-state index contributed by atoms with van der Waals surface area (Å²) in [5, 5.41) is 18.2. The van der Waals surface area contributed by atoms with E-state index in [-0.39, 0.29) is 12.5 Å². The average molecular weight is 358 g/mol. The van der Waals surface area contributed by atoms with E-state index in [1.165, 1.54) is 0 Å². The molecule has 2 aromatic rings. The van der Waals surface area contributed by atoms with Gasteiger partial charge in [0, 0.05) is 38.6 Å². The zero-order valence-electron chi connectivity index (χ0n) is 15.1. The molecule has 7 nitrogen and oxygen atoms in total. The second-order valence-corrected chi connectivity index (χ2v) is 6.66. The van der Waals surface area contributed by atoms with E-state index in [0.717, 1.165) is 17.7 Å². The molecule has 0 saturated carbocycles. The number of amides is 1. The van der Waals surface area contributed by atoms with Crippen molar-refractivity contribution in [2.24, 2.45) is 0 Å². The van der Waals surface area contributed by atoms with Gasteiger partial charge in [0.25, 0.3) is 5.91 Å². The highest BCUT2D eigenvalue weighted by Crippen LogP contribution is 2.24. The first-order valence-electron chi connectivity index (χ1n) is 8.93. The van der Waals surface area contributed by atoms with Crippen LogP contribution < -0.4 is 10.1 Å². The predicted octanol–water partition coefficient (Wildman–Crippen LogP) is 1.03. The van der Waals surface area contributed by atoms with Crippen molar-refractivity contribution >= 4 is 5.91 Å². The maximum atomic E-state index is 12.8. The quantitative estimate of drug-likeness (QED) is 0.689. The molecule has 140 valence electrons. The monoisotopic (exact) mass is 358 g/mol. The van der Waals surface area contributed by atoms with E-state index >= 15 is 0 Å². The Hall–Kier alpha value is -2.38. The van der Waals surface area contributed by atoms with Gasteiger partial charge in [0.2, 0.25) is 0 Å². The summed E-state index contributed by atoms with van der Waals surface area (Å²) in [6.07, 6.45) is 4.88. The fraction of sp³-hybridized carbons (Fsp3) is 0.474. The van der Waals surface area contributed by atoms with Crippen LogP contribution in [0.4, 0.5) is 0 Å². The molecule has 2 N–H and O–H groups in total. The standard InChI is InChI=1S/C19H26N4O3/c1-26-17-6-2-5-16(13-17)14-22-10-3-7-19(25,18(22)24)15-20-9-12-23-11-4-8-21-23/h2,4-6,8,11,13,20,25H,3,7,9-10,12,14-15H2,1H3/t19-/m0/s1. The van der Waals surface area contributed by atoms with Crippen molar-refractivity contribution in [3.63, 3.8) is 0 Å². The number of ether oxygens (including phenoxy) is 1. The van der Waals surface area contributed by atoms with Crippen LogP contribution in [0.2, 0.25) is 0 Å². The van der Waals surface area contributed by atoms with Crippen molar-refractivity contribution in [3.05, 3.63) is 48.3 Å². The zero-order chi connectivity index (χ0) is 18.4. The third kappa shape index (κ3) is 4.42. The minimum atomic E-state index is -1.35. The lowest BCUT2D eigenvalue weighted by Gasteiger charge is -2.38. The lowest BCUT2D eigenvalue weighted by atomic mass is 9.91. The summed E-state index contributed by atoms with van der Waals surface area (Å²) in [6.45, 7) is 2.73. The summed E-state index contributed by atoms with van der Waals surface area (Å²) < 4.78 is 7.05. The van der Waals surface area contributed by atoms with Crippen LogP contribution in [-0.2, 0) is 17.9 Å². The van der Waals surface area contributed by atoms with Crippen molar-refractivity contribution in [2.45, 2.75) is 31.5 Å². The number of likely N-dealkylation sites (tertiary alicyclic amines) is 1. The minimum Gasteiger partial charge on any atom is -0.497 e. The number of aliphatic hydroxyl groups is 1. The molecule has 3 rings (SSSR count). The minimum absolute atomic E-state index is 0.210. The molecule has 1 fully saturated rings. The van der Waals surface area contributed by atoms with Gasteiger partial charge in [0.1, 0.15) is 5.75 Å². The maximum Gasteiger partial charge on any atom is 0.256 e. The molecule has 1 aliphatic heterocycles. The van der Waals surface area contributed by atoms with E-state index in [2.05, 4.69) is 10.4 Å². The molecular formula is C19H26N4O3. The van der Waals surface area contributed by atoms with Crippen molar-refractivity contribution in [1.82, 2.24) is 20.0 Å². The number of rotatable bonds is 8. The highest BCUT2D eigenvalue weighted by atomic mass is 16.5. The largest absolute Gasteiger partial charge is 0.497 e. The van der Waals surface area contributed by atoms with E-state index in [1.807, 2.05) is 41.2 Å². The van der Waals surface area contributed by atoms with Gasteiger partial charge in [-0.15, -0.1) is 0 Å². The fourth-order valence-corrected chi connectivity index (χ4v) is 3.29. The summed E-state index contributed by atoms with van der Waals surface area (Å²) in [4.78, 5) is 14.5. The van der Waals surface area contributed by atoms with E-state index in [1.54, 1.807) is 18.2 Å². The predicted molar refractivity (Wildman–Crippen MR) is 97.7 cm³/mol. The number of carbonyl (C=O) groups is 1. The van der Waals surface area contributed by atoms with Gasteiger partial charge in [-0.05, 0) is 36.6 Å². The smallest absolute Gasteiger partial charge is 0.256 e. The maximum absolute atomic E-state index is 12.8. The summed E-state index contributed by atoms with van der Waals surface area (Å²) in [5.41, 5.74) is -0.352. The first-order chi connectivity index (χ1) is 12.6. The molecule has 0 aliphatic carbocycles. The molecule has 1 aromatic heterocycles. The average Bonchev–Trinajstić information content (AvgIpc) is 3.17. The molecule has 1 amide bonds. The Bertz CT molecular complexity index is 719. The summed E-state index contributed by atoms with van der Waals surface area (Å²) in [7, 11) is 1.62. The van der Waals surface area contributed by atoms with Gasteiger partial charge in [-0.2, -0.15) is 5.10 Å². The third-order valence-electron chi connectivity index (χ3n) is 4.71. The van der Waals surface area contributed by atoms with Crippen molar-refractivity contribution in [1.29, 1.82) is 0 Å². The molecule has 0 bridgehead atoms. The van der Waals surface area contributed by atoms with Crippen molar-refractivity contribution in [2.75, 3.05) is 26.7 Å². The Labute approximate surface area is 153 Å². The lowest BCUT2D eigenvalue weighted by molar-refractivity contribution is -0.157. The zero-order valence-corrected chi connectivity index (χ0v) is 15.1. The summed E-state index contributed by atoms with van der Waals surface area (Å²) in [6, 6.07) is 9.54. The van der Waals surface area contributed by atoms with Crippen LogP contribution in [0.25, 0.3) is 0 Å². The van der Waals surface area contributed by atoms with Gasteiger partial charge in [-0.1, -0.05) is 12.1 Å². The number of piperidine rings is 1. The summed E-state index contributed by atoms with van der Waals surface area (Å²) >= 11 is 0. The third-order valence-corrected chi connectivity index (χ3v) is 4.71. The van der Waals surface area contributed by atoms with Crippen LogP contribution in [-0.4, -0.2) is 58.0 Å². The van der Waals surface area contributed by atoms with E-state index in [4.69, 9.17) is 4.74 Å². The first kappa shape index (κ1) is 18.4. The van der Waals surface area contributed by atoms with Gasteiger partial charge in [-0.3, -0.25) is 9.48 Å². The number of nitrogens with one attached hydrogen (secondary N) is 1. The van der Waals surface area contributed by atoms with E-state index in [9.17, 15) is 9.90 Å². The molecule has 0 radical (unpaired) electrons. The Morgan fingerprint density at radius 1 is 1.38 bits per heavy atom. The van der Waals surface area contributed by atoms with Crippen LogP contribution in [0.15, 0.2) is 42.7 Å². The number of aromatic nitrogens is 2. The Balaban J connectivity index is 1.55. The van der Waals surface area contributed by atoms with Crippen LogP contribution in [0.1, 0.15) is 18.4 Å². The Kier molecular flexibility index (Phi) is 5.90. The normalized spacial score (nSPS) is 20.4. The molecule has 0 spiro atoms. The molecule has 1 saturated heterocycles. The van der Waals surface area contributed by atoms with Gasteiger partial charge >= 0.3 is 0 Å². The molecule has 7 heteroatoms. The van der Waals surface area contributed by atoms with Crippen LogP contribution in [0.5, 0.6) is 5.75 Å². The number of hydrogen-bond acceptors (Lipinski definition) is 5. The number of nitrogens with zero attached hydrogens (tertiary/aromatic N) is 3. The lowest BCUT2D eigenvalue weighted by Crippen LogP contribution is -2.57. The Morgan fingerprint density at radius 3 is 3.04 bits per heavy atom.